The molecular formula is C19H21ClN4O2. The lowest BCUT2D eigenvalue weighted by atomic mass is 10.1. The first-order chi connectivity index (χ1) is 12.4. The van der Waals surface area contributed by atoms with Crippen LogP contribution in [-0.4, -0.2) is 36.4 Å². The summed E-state index contributed by atoms with van der Waals surface area (Å²) in [6.45, 7) is 3.87. The highest BCUT2D eigenvalue weighted by molar-refractivity contribution is 6.31. The molecule has 1 aromatic carbocycles. The highest BCUT2D eigenvalue weighted by Gasteiger charge is 2.27. The minimum absolute atomic E-state index is 0.265. The second-order valence-electron chi connectivity index (χ2n) is 7.28. The summed E-state index contributed by atoms with van der Waals surface area (Å²) in [6.07, 6.45) is 7.86. The van der Waals surface area contributed by atoms with Gasteiger partial charge in [-0.05, 0) is 51.0 Å². The molecule has 7 heteroatoms. The maximum Gasteiger partial charge on any atom is 0.129 e. The lowest BCUT2D eigenvalue weighted by Gasteiger charge is -2.16. The van der Waals surface area contributed by atoms with Crippen LogP contribution in [-0.2, 0) is 6.54 Å². The van der Waals surface area contributed by atoms with Crippen LogP contribution in [0.25, 0.3) is 16.9 Å². The molecule has 2 aromatic heterocycles. The van der Waals surface area contributed by atoms with Gasteiger partial charge in [-0.2, -0.15) is 10.2 Å². The second kappa shape index (κ2) is 6.45. The van der Waals surface area contributed by atoms with Gasteiger partial charge in [0.1, 0.15) is 17.1 Å². The predicted molar refractivity (Wildman–Crippen MR) is 99.7 cm³/mol. The van der Waals surface area contributed by atoms with Gasteiger partial charge in [0.25, 0.3) is 0 Å². The summed E-state index contributed by atoms with van der Waals surface area (Å²) in [5.41, 5.74) is 1.47. The number of aromatic nitrogens is 4. The third-order valence-corrected chi connectivity index (χ3v) is 4.29. The van der Waals surface area contributed by atoms with Crippen LogP contribution in [0.5, 0.6) is 5.75 Å². The van der Waals surface area contributed by atoms with Gasteiger partial charge in [-0.25, -0.2) is 4.68 Å². The van der Waals surface area contributed by atoms with Crippen LogP contribution in [0.15, 0.2) is 42.9 Å². The van der Waals surface area contributed by atoms with E-state index in [0.717, 1.165) is 35.5 Å². The van der Waals surface area contributed by atoms with Crippen molar-refractivity contribution in [3.63, 3.8) is 0 Å². The predicted octanol–water partition coefficient (Wildman–Crippen LogP) is 3.70. The highest BCUT2D eigenvalue weighted by atomic mass is 35.5. The molecule has 1 saturated carbocycles. The smallest absolute Gasteiger partial charge is 0.129 e. The van der Waals surface area contributed by atoms with Gasteiger partial charge in [0.15, 0.2) is 0 Å². The van der Waals surface area contributed by atoms with Crippen LogP contribution >= 0.6 is 11.6 Å². The first kappa shape index (κ1) is 17.1. The molecule has 26 heavy (non-hydrogen) atoms. The Morgan fingerprint density at radius 1 is 1.35 bits per heavy atom. The Morgan fingerprint density at radius 3 is 2.81 bits per heavy atom. The maximum absolute atomic E-state index is 10.2. The summed E-state index contributed by atoms with van der Waals surface area (Å²) >= 11 is 6.26. The molecule has 0 radical (unpaired) electrons. The van der Waals surface area contributed by atoms with E-state index in [4.69, 9.17) is 21.4 Å². The van der Waals surface area contributed by atoms with Crippen molar-refractivity contribution in [2.24, 2.45) is 0 Å². The summed E-state index contributed by atoms with van der Waals surface area (Å²) in [5.74, 6) is 0.763. The Labute approximate surface area is 157 Å². The minimum Gasteiger partial charge on any atom is -0.490 e. The van der Waals surface area contributed by atoms with Crippen molar-refractivity contribution in [3.8, 4) is 22.7 Å². The number of hydrogen-bond acceptors (Lipinski definition) is 4. The van der Waals surface area contributed by atoms with Gasteiger partial charge >= 0.3 is 0 Å². The molecule has 0 bridgehead atoms. The number of halogens is 1. The molecule has 2 heterocycles. The number of hydrogen-bond donors (Lipinski definition) is 1. The molecule has 3 aromatic rings. The fourth-order valence-corrected chi connectivity index (χ4v) is 2.99. The highest BCUT2D eigenvalue weighted by Crippen LogP contribution is 2.38. The number of nitrogens with zero attached hydrogens (tertiary/aromatic N) is 4. The molecule has 1 N–H and O–H groups in total. The second-order valence-corrected chi connectivity index (χ2v) is 7.72. The van der Waals surface area contributed by atoms with E-state index in [9.17, 15) is 5.11 Å². The molecule has 136 valence electrons. The van der Waals surface area contributed by atoms with Gasteiger partial charge < -0.3 is 9.84 Å². The molecule has 1 aliphatic rings. The molecule has 0 aliphatic heterocycles. The number of ether oxygens (including phenoxy) is 1. The van der Waals surface area contributed by atoms with Gasteiger partial charge in [-0.1, -0.05) is 11.6 Å². The lowest BCUT2D eigenvalue weighted by molar-refractivity contribution is 0.0578. The van der Waals surface area contributed by atoms with Crippen molar-refractivity contribution in [2.75, 3.05) is 0 Å². The Bertz CT molecular complexity index is 908. The van der Waals surface area contributed by atoms with E-state index in [1.807, 2.05) is 36.7 Å². The summed E-state index contributed by atoms with van der Waals surface area (Å²) in [6, 6.07) is 7.43. The fourth-order valence-electron chi connectivity index (χ4n) is 2.81. The first-order valence-electron chi connectivity index (χ1n) is 8.65. The monoisotopic (exact) mass is 372 g/mol. The van der Waals surface area contributed by atoms with Gasteiger partial charge in [-0.3, -0.25) is 4.68 Å². The van der Waals surface area contributed by atoms with Crippen molar-refractivity contribution < 1.29 is 9.84 Å². The molecule has 0 unspecified atom stereocenters. The van der Waals surface area contributed by atoms with Gasteiger partial charge in [0, 0.05) is 23.0 Å². The molecule has 6 nitrogen and oxygen atoms in total. The van der Waals surface area contributed by atoms with Crippen molar-refractivity contribution in [2.45, 2.75) is 44.9 Å². The molecule has 1 fully saturated rings. The largest absolute Gasteiger partial charge is 0.490 e. The van der Waals surface area contributed by atoms with E-state index in [2.05, 4.69) is 5.10 Å². The molecule has 4 rings (SSSR count). The van der Waals surface area contributed by atoms with E-state index in [1.165, 1.54) is 0 Å². The van der Waals surface area contributed by atoms with Gasteiger partial charge in [-0.15, -0.1) is 0 Å². The lowest BCUT2D eigenvalue weighted by Crippen LogP contribution is -2.26. The van der Waals surface area contributed by atoms with E-state index in [0.29, 0.717) is 11.6 Å². The van der Waals surface area contributed by atoms with Gasteiger partial charge in [0.05, 0.1) is 24.4 Å². The molecular weight excluding hydrogens is 352 g/mol. The van der Waals surface area contributed by atoms with Crippen LogP contribution < -0.4 is 4.74 Å². The molecule has 0 amide bonds. The molecule has 1 aliphatic carbocycles. The number of rotatable bonds is 6. The molecule has 0 saturated heterocycles. The number of benzene rings is 1. The third kappa shape index (κ3) is 3.76. The molecule has 0 atom stereocenters. The number of aliphatic hydroxyl groups is 1. The van der Waals surface area contributed by atoms with E-state index in [-0.39, 0.29) is 6.10 Å². The standard InChI is InChI=1S/C19H21ClN4O2/c1-19(2,25)12-23-11-16(24-9-3-8-21-24)18(22-23)15-10-13(20)4-7-17(15)26-14-5-6-14/h3-4,7-11,14,25H,5-6,12H2,1-2H3. The Morgan fingerprint density at radius 2 is 2.15 bits per heavy atom. The van der Waals surface area contributed by atoms with E-state index in [1.54, 1.807) is 29.4 Å². The third-order valence-electron chi connectivity index (χ3n) is 4.06. The maximum atomic E-state index is 10.2. The topological polar surface area (TPSA) is 65.1 Å². The Kier molecular flexibility index (Phi) is 4.25. The fraction of sp³-hybridized carbons (Fsp3) is 0.368. The zero-order valence-corrected chi connectivity index (χ0v) is 15.5. The SMILES string of the molecule is CC(C)(O)Cn1cc(-n2cccn2)c(-c2cc(Cl)ccc2OC2CC2)n1. The quantitative estimate of drug-likeness (QED) is 0.716. The van der Waals surface area contributed by atoms with Crippen molar-refractivity contribution >= 4 is 11.6 Å². The Balaban J connectivity index is 1.83. The van der Waals surface area contributed by atoms with Crippen LogP contribution in [0.4, 0.5) is 0 Å². The summed E-state index contributed by atoms with van der Waals surface area (Å²) in [7, 11) is 0. The summed E-state index contributed by atoms with van der Waals surface area (Å²) < 4.78 is 9.55. The van der Waals surface area contributed by atoms with Crippen molar-refractivity contribution in [1.82, 2.24) is 19.6 Å². The zero-order valence-electron chi connectivity index (χ0n) is 14.8. The van der Waals surface area contributed by atoms with Crippen molar-refractivity contribution in [1.29, 1.82) is 0 Å². The summed E-state index contributed by atoms with van der Waals surface area (Å²) in [5, 5.41) is 19.8. The minimum atomic E-state index is -0.883. The van der Waals surface area contributed by atoms with Crippen LogP contribution in [0.1, 0.15) is 26.7 Å². The Hall–Kier alpha value is -2.31. The van der Waals surface area contributed by atoms with E-state index < -0.39 is 5.60 Å². The summed E-state index contributed by atoms with van der Waals surface area (Å²) in [4.78, 5) is 0. The van der Waals surface area contributed by atoms with Crippen molar-refractivity contribution in [3.05, 3.63) is 47.9 Å². The normalized spacial score (nSPS) is 14.6. The van der Waals surface area contributed by atoms with E-state index >= 15 is 0 Å². The van der Waals surface area contributed by atoms with Crippen LogP contribution in [0.2, 0.25) is 5.02 Å². The van der Waals surface area contributed by atoms with Crippen LogP contribution in [0.3, 0.4) is 0 Å². The molecule has 0 spiro atoms. The first-order valence-corrected chi connectivity index (χ1v) is 9.03. The van der Waals surface area contributed by atoms with Gasteiger partial charge in [0.2, 0.25) is 0 Å². The average molecular weight is 373 g/mol. The zero-order chi connectivity index (χ0) is 18.3. The van der Waals surface area contributed by atoms with Crippen LogP contribution in [0, 0.1) is 0 Å². The average Bonchev–Trinajstić information content (AvgIpc) is 3.06.